The molecule has 0 unspecified atom stereocenters. The van der Waals surface area contributed by atoms with Gasteiger partial charge in [0.05, 0.1) is 18.8 Å². The van der Waals surface area contributed by atoms with Crippen LogP contribution in [0.2, 0.25) is 0 Å². The monoisotopic (exact) mass is 356 g/mol. The Morgan fingerprint density at radius 1 is 1.08 bits per heavy atom. The van der Waals surface area contributed by atoms with Crippen molar-refractivity contribution in [3.8, 4) is 0 Å². The van der Waals surface area contributed by atoms with E-state index in [4.69, 9.17) is 4.42 Å². The van der Waals surface area contributed by atoms with E-state index < -0.39 is 0 Å². The fraction of sp³-hybridized carbons (Fsp3) is 0.500. The summed E-state index contributed by atoms with van der Waals surface area (Å²) in [7, 11) is 0. The fourth-order valence-electron chi connectivity index (χ4n) is 3.18. The maximum Gasteiger partial charge on any atom is 0.238 e. The van der Waals surface area contributed by atoms with Gasteiger partial charge in [-0.25, -0.2) is 4.98 Å². The van der Waals surface area contributed by atoms with E-state index in [1.807, 2.05) is 45.0 Å². The average molecular weight is 356 g/mol. The molecular formula is C20H28N4O2. The Kier molecular flexibility index (Phi) is 6.06. The van der Waals surface area contributed by atoms with Crippen LogP contribution in [-0.2, 0) is 11.3 Å². The predicted octanol–water partition coefficient (Wildman–Crippen LogP) is 2.75. The van der Waals surface area contributed by atoms with Crippen molar-refractivity contribution in [2.45, 2.75) is 33.7 Å². The highest BCUT2D eigenvalue weighted by molar-refractivity contribution is 5.92. The molecule has 3 rings (SSSR count). The number of rotatable bonds is 5. The Bertz CT molecular complexity index is 719. The molecule has 1 saturated heterocycles. The number of anilines is 1. The second-order valence-corrected chi connectivity index (χ2v) is 7.07. The topological polar surface area (TPSA) is 61.6 Å². The molecule has 1 aromatic carbocycles. The molecule has 140 valence electrons. The van der Waals surface area contributed by atoms with Crippen LogP contribution in [0.15, 0.2) is 28.7 Å². The predicted molar refractivity (Wildman–Crippen MR) is 102 cm³/mol. The van der Waals surface area contributed by atoms with Gasteiger partial charge in [-0.3, -0.25) is 14.6 Å². The molecule has 2 aromatic rings. The summed E-state index contributed by atoms with van der Waals surface area (Å²) >= 11 is 0. The van der Waals surface area contributed by atoms with Crippen LogP contribution in [0.1, 0.15) is 29.3 Å². The lowest BCUT2D eigenvalue weighted by atomic mass is 10.2. The molecule has 0 radical (unpaired) electrons. The van der Waals surface area contributed by atoms with Gasteiger partial charge < -0.3 is 9.73 Å². The first-order valence-electron chi connectivity index (χ1n) is 9.24. The van der Waals surface area contributed by atoms with Gasteiger partial charge in [-0.2, -0.15) is 0 Å². The lowest BCUT2D eigenvalue weighted by Gasteiger charge is -2.20. The molecule has 0 atom stereocenters. The molecule has 1 aromatic heterocycles. The van der Waals surface area contributed by atoms with Crippen molar-refractivity contribution in [3.63, 3.8) is 0 Å². The number of aryl methyl sites for hydroxylation is 3. The Hall–Kier alpha value is -2.18. The summed E-state index contributed by atoms with van der Waals surface area (Å²) in [5.41, 5.74) is 3.00. The number of carbonyl (C=O) groups excluding carboxylic acids is 1. The average Bonchev–Trinajstić information content (AvgIpc) is 2.78. The minimum Gasteiger partial charge on any atom is -0.444 e. The first-order chi connectivity index (χ1) is 12.5. The molecule has 6 heteroatoms. The van der Waals surface area contributed by atoms with Crippen molar-refractivity contribution in [1.82, 2.24) is 14.8 Å². The maximum atomic E-state index is 12.3. The molecule has 0 bridgehead atoms. The summed E-state index contributed by atoms with van der Waals surface area (Å²) in [5.74, 6) is 1.72. The third kappa shape index (κ3) is 5.16. The normalized spacial score (nSPS) is 16.4. The van der Waals surface area contributed by atoms with Crippen molar-refractivity contribution in [2.75, 3.05) is 38.0 Å². The highest BCUT2D eigenvalue weighted by Crippen LogP contribution is 2.13. The van der Waals surface area contributed by atoms with Gasteiger partial charge in [-0.1, -0.05) is 17.7 Å². The van der Waals surface area contributed by atoms with Crippen molar-refractivity contribution in [3.05, 3.63) is 47.2 Å². The van der Waals surface area contributed by atoms with Gasteiger partial charge in [0.15, 0.2) is 0 Å². The molecule has 1 fully saturated rings. The van der Waals surface area contributed by atoms with Crippen LogP contribution in [0.4, 0.5) is 5.69 Å². The van der Waals surface area contributed by atoms with Gasteiger partial charge in [0, 0.05) is 18.8 Å². The second-order valence-electron chi connectivity index (χ2n) is 7.07. The minimum atomic E-state index is 0.0428. The number of amides is 1. The lowest BCUT2D eigenvalue weighted by Crippen LogP contribution is -2.36. The molecular weight excluding hydrogens is 328 g/mol. The molecule has 1 aliphatic rings. The smallest absolute Gasteiger partial charge is 0.238 e. The van der Waals surface area contributed by atoms with E-state index in [0.717, 1.165) is 62.2 Å². The van der Waals surface area contributed by atoms with Crippen molar-refractivity contribution in [1.29, 1.82) is 0 Å². The number of hydrogen-bond acceptors (Lipinski definition) is 5. The van der Waals surface area contributed by atoms with Crippen LogP contribution in [0.5, 0.6) is 0 Å². The van der Waals surface area contributed by atoms with E-state index >= 15 is 0 Å². The number of oxazole rings is 1. The molecule has 26 heavy (non-hydrogen) atoms. The second kappa shape index (κ2) is 8.47. The summed E-state index contributed by atoms with van der Waals surface area (Å²) in [6.45, 7) is 10.8. The summed E-state index contributed by atoms with van der Waals surface area (Å²) in [5, 5.41) is 2.98. The van der Waals surface area contributed by atoms with Crippen molar-refractivity contribution < 1.29 is 9.21 Å². The Morgan fingerprint density at radius 2 is 1.77 bits per heavy atom. The highest BCUT2D eigenvalue weighted by atomic mass is 16.4. The molecule has 0 aliphatic carbocycles. The number of hydrogen-bond donors (Lipinski definition) is 1. The first-order valence-corrected chi connectivity index (χ1v) is 9.24. The Morgan fingerprint density at radius 3 is 2.46 bits per heavy atom. The fourth-order valence-corrected chi connectivity index (χ4v) is 3.18. The third-order valence-corrected chi connectivity index (χ3v) is 4.82. The van der Waals surface area contributed by atoms with Crippen LogP contribution >= 0.6 is 0 Å². The Labute approximate surface area is 155 Å². The molecule has 2 heterocycles. The van der Waals surface area contributed by atoms with E-state index in [2.05, 4.69) is 20.1 Å². The maximum absolute atomic E-state index is 12.3. The number of nitrogens with zero attached hydrogens (tertiary/aromatic N) is 3. The minimum absolute atomic E-state index is 0.0428. The molecule has 1 aliphatic heterocycles. The van der Waals surface area contributed by atoms with Crippen LogP contribution in [0.25, 0.3) is 0 Å². The number of nitrogens with one attached hydrogen (secondary N) is 1. The number of carbonyl (C=O) groups is 1. The van der Waals surface area contributed by atoms with Crippen LogP contribution in [0.3, 0.4) is 0 Å². The largest absolute Gasteiger partial charge is 0.444 e. The lowest BCUT2D eigenvalue weighted by molar-refractivity contribution is -0.117. The summed E-state index contributed by atoms with van der Waals surface area (Å²) in [6.07, 6.45) is 1.04. The third-order valence-electron chi connectivity index (χ3n) is 4.82. The van der Waals surface area contributed by atoms with Crippen molar-refractivity contribution in [2.24, 2.45) is 0 Å². The van der Waals surface area contributed by atoms with E-state index in [9.17, 15) is 4.79 Å². The van der Waals surface area contributed by atoms with E-state index in [-0.39, 0.29) is 5.91 Å². The molecule has 6 nitrogen and oxygen atoms in total. The van der Waals surface area contributed by atoms with Gasteiger partial charge in [-0.15, -0.1) is 0 Å². The molecule has 1 amide bonds. The van der Waals surface area contributed by atoms with Crippen LogP contribution < -0.4 is 5.32 Å². The van der Waals surface area contributed by atoms with Crippen molar-refractivity contribution >= 4 is 11.6 Å². The van der Waals surface area contributed by atoms with Gasteiger partial charge in [0.2, 0.25) is 11.8 Å². The summed E-state index contributed by atoms with van der Waals surface area (Å²) in [4.78, 5) is 21.3. The zero-order chi connectivity index (χ0) is 18.5. The van der Waals surface area contributed by atoms with Gasteiger partial charge in [0.25, 0.3) is 0 Å². The first kappa shape index (κ1) is 18.6. The van der Waals surface area contributed by atoms with E-state index in [1.165, 1.54) is 5.56 Å². The summed E-state index contributed by atoms with van der Waals surface area (Å²) < 4.78 is 5.69. The Balaban J connectivity index is 1.47. The number of benzene rings is 1. The van der Waals surface area contributed by atoms with Crippen LogP contribution in [0, 0.1) is 20.8 Å². The zero-order valence-corrected chi connectivity index (χ0v) is 15.9. The highest BCUT2D eigenvalue weighted by Gasteiger charge is 2.19. The van der Waals surface area contributed by atoms with Gasteiger partial charge in [-0.05, 0) is 52.4 Å². The molecule has 0 saturated carbocycles. The number of aromatic nitrogens is 1. The van der Waals surface area contributed by atoms with E-state index in [1.54, 1.807) is 0 Å². The van der Waals surface area contributed by atoms with Crippen LogP contribution in [-0.4, -0.2) is 53.4 Å². The zero-order valence-electron chi connectivity index (χ0n) is 15.9. The standard InChI is InChI=1S/C20H28N4O2/c1-15-5-7-18(8-6-15)22-19(25)13-23-9-4-10-24(12-11-23)14-20-21-16(2)17(3)26-20/h5-8H,4,9-14H2,1-3H3,(H,22,25). The van der Waals surface area contributed by atoms with Gasteiger partial charge in [0.1, 0.15) is 5.76 Å². The van der Waals surface area contributed by atoms with E-state index in [0.29, 0.717) is 6.54 Å². The quantitative estimate of drug-likeness (QED) is 0.893. The SMILES string of the molecule is Cc1ccc(NC(=O)CN2CCCN(Cc3nc(C)c(C)o3)CC2)cc1. The van der Waals surface area contributed by atoms with Gasteiger partial charge >= 0.3 is 0 Å². The molecule has 1 N–H and O–H groups in total. The molecule has 0 spiro atoms. The summed E-state index contributed by atoms with van der Waals surface area (Å²) in [6, 6.07) is 7.90.